The van der Waals surface area contributed by atoms with Gasteiger partial charge >= 0.3 is 10.1 Å². The first kappa shape index (κ1) is 18.4. The molecule has 0 amide bonds. The standard InChI is InChI=1S/C17H20O5SSi/c1-24(2,3)22-17(13-18)15-11-7-8-12-16(15)21-23(19,20)14-9-5-4-6-10-14/h4-13,17H,1-3H3. The lowest BCUT2D eigenvalue weighted by atomic mass is 10.1. The second-order valence-electron chi connectivity index (χ2n) is 6.18. The third kappa shape index (κ3) is 4.77. The molecule has 128 valence electrons. The van der Waals surface area contributed by atoms with E-state index in [0.717, 1.165) is 0 Å². The van der Waals surface area contributed by atoms with Gasteiger partial charge < -0.3 is 13.4 Å². The predicted octanol–water partition coefficient (Wildman–Crippen LogP) is 3.55. The van der Waals surface area contributed by atoms with E-state index in [2.05, 4.69) is 0 Å². The minimum Gasteiger partial charge on any atom is -0.404 e. The van der Waals surface area contributed by atoms with Crippen LogP contribution < -0.4 is 4.18 Å². The van der Waals surface area contributed by atoms with Gasteiger partial charge in [-0.3, -0.25) is 0 Å². The maximum atomic E-state index is 12.4. The second kappa shape index (κ2) is 7.29. The Morgan fingerprint density at radius 3 is 2.12 bits per heavy atom. The third-order valence-corrected chi connectivity index (χ3v) is 5.27. The van der Waals surface area contributed by atoms with Crippen molar-refractivity contribution >= 4 is 24.7 Å². The molecule has 5 nitrogen and oxygen atoms in total. The van der Waals surface area contributed by atoms with Gasteiger partial charge in [0.2, 0.25) is 0 Å². The summed E-state index contributed by atoms with van der Waals surface area (Å²) < 4.78 is 35.9. The molecule has 0 aromatic heterocycles. The number of carbonyl (C=O) groups excluding carboxylic acids is 1. The summed E-state index contributed by atoms with van der Waals surface area (Å²) in [5, 5.41) is 0. The molecule has 0 bridgehead atoms. The lowest BCUT2D eigenvalue weighted by molar-refractivity contribution is -0.114. The molecule has 24 heavy (non-hydrogen) atoms. The summed E-state index contributed by atoms with van der Waals surface area (Å²) in [6, 6.07) is 14.4. The molecular weight excluding hydrogens is 344 g/mol. The van der Waals surface area contributed by atoms with E-state index in [1.165, 1.54) is 18.2 Å². The highest BCUT2D eigenvalue weighted by Gasteiger charge is 2.26. The molecule has 2 aromatic rings. The molecule has 0 radical (unpaired) electrons. The molecule has 0 saturated carbocycles. The SMILES string of the molecule is C[Si](C)(C)OC(C=O)c1ccccc1OS(=O)(=O)c1ccccc1. The lowest BCUT2D eigenvalue weighted by Crippen LogP contribution is -2.29. The number of hydrogen-bond donors (Lipinski definition) is 0. The molecule has 7 heteroatoms. The van der Waals surface area contributed by atoms with Gasteiger partial charge in [0.05, 0.1) is 0 Å². The van der Waals surface area contributed by atoms with Gasteiger partial charge in [0.15, 0.2) is 14.6 Å². The van der Waals surface area contributed by atoms with Crippen molar-refractivity contribution in [3.8, 4) is 5.75 Å². The molecule has 1 unspecified atom stereocenters. The van der Waals surface area contributed by atoms with Crippen molar-refractivity contribution in [2.75, 3.05) is 0 Å². The predicted molar refractivity (Wildman–Crippen MR) is 93.9 cm³/mol. The van der Waals surface area contributed by atoms with Gasteiger partial charge in [-0.2, -0.15) is 8.42 Å². The molecule has 0 N–H and O–H groups in total. The van der Waals surface area contributed by atoms with Crippen LogP contribution in [0.5, 0.6) is 5.75 Å². The van der Waals surface area contributed by atoms with Crippen molar-refractivity contribution in [1.29, 1.82) is 0 Å². The van der Waals surface area contributed by atoms with Crippen LogP contribution in [0, 0.1) is 0 Å². The number of hydrogen-bond acceptors (Lipinski definition) is 5. The molecule has 2 aromatic carbocycles. The number of rotatable bonds is 7. The first-order valence-electron chi connectivity index (χ1n) is 7.44. The second-order valence-corrected chi connectivity index (χ2v) is 12.2. The van der Waals surface area contributed by atoms with E-state index in [4.69, 9.17) is 8.61 Å². The van der Waals surface area contributed by atoms with E-state index in [1.54, 1.807) is 36.4 Å². The highest BCUT2D eigenvalue weighted by atomic mass is 32.2. The molecule has 0 saturated heterocycles. The molecule has 0 aliphatic carbocycles. The van der Waals surface area contributed by atoms with Crippen LogP contribution in [-0.2, 0) is 19.3 Å². The van der Waals surface area contributed by atoms with Gasteiger partial charge in [-0.1, -0.05) is 36.4 Å². The van der Waals surface area contributed by atoms with E-state index in [1.807, 2.05) is 19.6 Å². The Kier molecular flexibility index (Phi) is 5.58. The van der Waals surface area contributed by atoms with E-state index in [-0.39, 0.29) is 10.6 Å². The maximum Gasteiger partial charge on any atom is 0.339 e. The van der Waals surface area contributed by atoms with Gasteiger partial charge in [-0.05, 0) is 37.8 Å². The average molecular weight is 364 g/mol. The Morgan fingerprint density at radius 1 is 0.958 bits per heavy atom. The first-order chi connectivity index (χ1) is 11.2. The van der Waals surface area contributed by atoms with Gasteiger partial charge in [0.1, 0.15) is 16.7 Å². The van der Waals surface area contributed by atoms with Crippen molar-refractivity contribution < 1.29 is 21.8 Å². The van der Waals surface area contributed by atoms with Gasteiger partial charge in [-0.15, -0.1) is 0 Å². The maximum absolute atomic E-state index is 12.4. The van der Waals surface area contributed by atoms with Gasteiger partial charge in [0, 0.05) is 5.56 Å². The highest BCUT2D eigenvalue weighted by molar-refractivity contribution is 7.87. The minimum absolute atomic E-state index is 0.0496. The zero-order valence-electron chi connectivity index (χ0n) is 13.8. The molecule has 0 fully saturated rings. The van der Waals surface area contributed by atoms with Crippen LogP contribution in [-0.4, -0.2) is 23.0 Å². The van der Waals surface area contributed by atoms with Crippen molar-refractivity contribution in [3.05, 3.63) is 60.2 Å². The van der Waals surface area contributed by atoms with Crippen LogP contribution in [0.15, 0.2) is 59.5 Å². The van der Waals surface area contributed by atoms with E-state index in [9.17, 15) is 13.2 Å². The van der Waals surface area contributed by atoms with Crippen molar-refractivity contribution in [3.63, 3.8) is 0 Å². The quantitative estimate of drug-likeness (QED) is 0.427. The first-order valence-corrected chi connectivity index (χ1v) is 12.3. The van der Waals surface area contributed by atoms with Crippen molar-refractivity contribution in [2.24, 2.45) is 0 Å². The summed E-state index contributed by atoms with van der Waals surface area (Å²) in [6.45, 7) is 5.86. The molecule has 0 aliphatic heterocycles. The Balaban J connectivity index is 2.37. The fourth-order valence-corrected chi connectivity index (χ4v) is 4.01. The number of para-hydroxylation sites is 1. The molecule has 2 rings (SSSR count). The van der Waals surface area contributed by atoms with Crippen LogP contribution >= 0.6 is 0 Å². The van der Waals surface area contributed by atoms with Gasteiger partial charge in [0.25, 0.3) is 0 Å². The summed E-state index contributed by atoms with van der Waals surface area (Å²) in [5.41, 5.74) is 0.398. The lowest BCUT2D eigenvalue weighted by Gasteiger charge is -2.24. The average Bonchev–Trinajstić information content (AvgIpc) is 2.53. The Hall–Kier alpha value is -1.96. The van der Waals surface area contributed by atoms with Crippen LogP contribution in [0.3, 0.4) is 0 Å². The molecule has 0 heterocycles. The fourth-order valence-electron chi connectivity index (χ4n) is 2.09. The van der Waals surface area contributed by atoms with Crippen molar-refractivity contribution in [1.82, 2.24) is 0 Å². The summed E-state index contributed by atoms with van der Waals surface area (Å²) >= 11 is 0. The highest BCUT2D eigenvalue weighted by Crippen LogP contribution is 2.30. The Morgan fingerprint density at radius 2 is 1.54 bits per heavy atom. The van der Waals surface area contributed by atoms with Crippen LogP contribution in [0.2, 0.25) is 19.6 Å². The number of carbonyl (C=O) groups is 1. The third-order valence-electron chi connectivity index (χ3n) is 3.06. The number of aldehydes is 1. The van der Waals surface area contributed by atoms with Crippen LogP contribution in [0.4, 0.5) is 0 Å². The summed E-state index contributed by atoms with van der Waals surface area (Å²) in [4.78, 5) is 11.5. The topological polar surface area (TPSA) is 69.7 Å². The van der Waals surface area contributed by atoms with E-state index >= 15 is 0 Å². The minimum atomic E-state index is -3.98. The molecule has 0 aliphatic rings. The Bertz CT molecular complexity index is 797. The van der Waals surface area contributed by atoms with Gasteiger partial charge in [-0.25, -0.2) is 0 Å². The summed E-state index contributed by atoms with van der Waals surface area (Å²) in [5.74, 6) is 0.0942. The fraction of sp³-hybridized carbons (Fsp3) is 0.235. The zero-order valence-corrected chi connectivity index (χ0v) is 15.6. The smallest absolute Gasteiger partial charge is 0.339 e. The van der Waals surface area contributed by atoms with Crippen LogP contribution in [0.25, 0.3) is 0 Å². The molecule has 1 atom stereocenters. The van der Waals surface area contributed by atoms with Crippen LogP contribution in [0.1, 0.15) is 11.7 Å². The normalized spacial score (nSPS) is 13.3. The molecule has 0 spiro atoms. The van der Waals surface area contributed by atoms with E-state index in [0.29, 0.717) is 11.8 Å². The number of benzene rings is 2. The largest absolute Gasteiger partial charge is 0.404 e. The Labute approximate surface area is 143 Å². The van der Waals surface area contributed by atoms with Crippen molar-refractivity contribution in [2.45, 2.75) is 30.6 Å². The van der Waals surface area contributed by atoms with E-state index < -0.39 is 24.5 Å². The zero-order chi connectivity index (χ0) is 17.8. The molecular formula is C17H20O5SSi. The monoisotopic (exact) mass is 364 g/mol. The summed E-state index contributed by atoms with van der Waals surface area (Å²) in [6.07, 6.45) is -0.200. The summed E-state index contributed by atoms with van der Waals surface area (Å²) in [7, 11) is -5.99.